The van der Waals surface area contributed by atoms with Crippen molar-refractivity contribution in [3.63, 3.8) is 0 Å². The standard InChI is InChI=1S/C18H24N4O/c1-21(2)12-14-5-7-15(8-6-14)18(23)22-11-3-4-16(13-22)17-9-10-19-20-17/h5-10,16H,3-4,11-13H2,1-2H3,(H,19,20)/t16-/m1/s1. The third-order valence-electron chi connectivity index (χ3n) is 4.37. The van der Waals surface area contributed by atoms with Crippen LogP contribution in [0.4, 0.5) is 0 Å². The second-order valence-electron chi connectivity index (χ2n) is 6.54. The van der Waals surface area contributed by atoms with E-state index in [9.17, 15) is 4.79 Å². The summed E-state index contributed by atoms with van der Waals surface area (Å²) < 4.78 is 0. The quantitative estimate of drug-likeness (QED) is 0.943. The van der Waals surface area contributed by atoms with Crippen molar-refractivity contribution in [2.75, 3.05) is 27.2 Å². The third kappa shape index (κ3) is 3.79. The zero-order valence-electron chi connectivity index (χ0n) is 13.8. The van der Waals surface area contributed by atoms with Crippen LogP contribution in [0, 0.1) is 0 Å². The molecule has 1 fully saturated rings. The Morgan fingerprint density at radius 3 is 2.74 bits per heavy atom. The van der Waals surface area contributed by atoms with Crippen molar-refractivity contribution in [3.05, 3.63) is 53.3 Å². The molecule has 1 amide bonds. The molecule has 1 aromatic heterocycles. The molecular weight excluding hydrogens is 288 g/mol. The van der Waals surface area contributed by atoms with Gasteiger partial charge in [-0.05, 0) is 50.7 Å². The SMILES string of the molecule is CN(C)Cc1ccc(C(=O)N2CCC[C@@H](c3ccn[nH]3)C2)cc1. The first kappa shape index (κ1) is 15.7. The second kappa shape index (κ2) is 6.96. The van der Waals surface area contributed by atoms with Crippen LogP contribution >= 0.6 is 0 Å². The summed E-state index contributed by atoms with van der Waals surface area (Å²) in [4.78, 5) is 16.8. The molecule has 0 aliphatic carbocycles. The van der Waals surface area contributed by atoms with E-state index in [1.165, 1.54) is 5.56 Å². The zero-order chi connectivity index (χ0) is 16.2. The Kier molecular flexibility index (Phi) is 4.76. The average Bonchev–Trinajstić information content (AvgIpc) is 3.09. The maximum Gasteiger partial charge on any atom is 0.253 e. The van der Waals surface area contributed by atoms with E-state index in [2.05, 4.69) is 15.1 Å². The van der Waals surface area contributed by atoms with Gasteiger partial charge in [-0.15, -0.1) is 0 Å². The Hall–Kier alpha value is -2.14. The van der Waals surface area contributed by atoms with Gasteiger partial charge < -0.3 is 9.80 Å². The average molecular weight is 312 g/mol. The lowest BCUT2D eigenvalue weighted by Crippen LogP contribution is -2.39. The highest BCUT2D eigenvalue weighted by Crippen LogP contribution is 2.26. The number of piperidine rings is 1. The third-order valence-corrected chi connectivity index (χ3v) is 4.37. The molecule has 1 atom stereocenters. The molecule has 5 heteroatoms. The van der Waals surface area contributed by atoms with E-state index in [4.69, 9.17) is 0 Å². The lowest BCUT2D eigenvalue weighted by molar-refractivity contribution is 0.0706. The van der Waals surface area contributed by atoms with Gasteiger partial charge in [0.2, 0.25) is 0 Å². The van der Waals surface area contributed by atoms with Gasteiger partial charge in [-0.1, -0.05) is 12.1 Å². The number of H-pyrrole nitrogens is 1. The van der Waals surface area contributed by atoms with Crippen molar-refractivity contribution in [1.29, 1.82) is 0 Å². The second-order valence-corrected chi connectivity index (χ2v) is 6.54. The lowest BCUT2D eigenvalue weighted by Gasteiger charge is -2.32. The van der Waals surface area contributed by atoms with E-state index in [0.29, 0.717) is 5.92 Å². The van der Waals surface area contributed by atoms with Crippen LogP contribution in [0.3, 0.4) is 0 Å². The number of hydrogen-bond donors (Lipinski definition) is 1. The van der Waals surface area contributed by atoms with E-state index in [1.807, 2.05) is 49.3 Å². The van der Waals surface area contributed by atoms with Crippen LogP contribution < -0.4 is 0 Å². The number of amides is 1. The number of aromatic amines is 1. The monoisotopic (exact) mass is 312 g/mol. The summed E-state index contributed by atoms with van der Waals surface area (Å²) in [5.41, 5.74) is 3.13. The molecule has 1 aromatic carbocycles. The molecule has 1 aliphatic rings. The van der Waals surface area contributed by atoms with Crippen molar-refractivity contribution in [3.8, 4) is 0 Å². The molecule has 1 N–H and O–H groups in total. The first-order valence-corrected chi connectivity index (χ1v) is 8.15. The minimum atomic E-state index is 0.130. The number of carbonyl (C=O) groups is 1. The number of nitrogens with one attached hydrogen (secondary N) is 1. The van der Waals surface area contributed by atoms with Crippen LogP contribution in [0.15, 0.2) is 36.5 Å². The number of nitrogens with zero attached hydrogens (tertiary/aromatic N) is 3. The first-order chi connectivity index (χ1) is 11.1. The first-order valence-electron chi connectivity index (χ1n) is 8.15. The minimum Gasteiger partial charge on any atom is -0.338 e. The predicted octanol–water partition coefficient (Wildman–Crippen LogP) is 2.49. The Bertz CT molecular complexity index is 634. The van der Waals surface area contributed by atoms with Crippen molar-refractivity contribution < 1.29 is 4.79 Å². The van der Waals surface area contributed by atoms with Gasteiger partial charge in [0.15, 0.2) is 0 Å². The van der Waals surface area contributed by atoms with Crippen molar-refractivity contribution in [2.24, 2.45) is 0 Å². The molecule has 1 saturated heterocycles. The fraction of sp³-hybridized carbons (Fsp3) is 0.444. The number of hydrogen-bond acceptors (Lipinski definition) is 3. The van der Waals surface area contributed by atoms with Gasteiger partial charge in [-0.3, -0.25) is 9.89 Å². The van der Waals surface area contributed by atoms with Crippen molar-refractivity contribution in [2.45, 2.75) is 25.3 Å². The Morgan fingerprint density at radius 1 is 1.30 bits per heavy atom. The Morgan fingerprint density at radius 2 is 2.09 bits per heavy atom. The minimum absolute atomic E-state index is 0.130. The largest absolute Gasteiger partial charge is 0.338 e. The highest BCUT2D eigenvalue weighted by Gasteiger charge is 2.26. The molecule has 122 valence electrons. The Balaban J connectivity index is 1.67. The normalized spacial score (nSPS) is 18.4. The summed E-state index contributed by atoms with van der Waals surface area (Å²) in [5, 5.41) is 7.07. The maximum absolute atomic E-state index is 12.7. The fourth-order valence-electron chi connectivity index (χ4n) is 3.21. The van der Waals surface area contributed by atoms with Crippen LogP contribution in [0.2, 0.25) is 0 Å². The van der Waals surface area contributed by atoms with Gasteiger partial charge in [0.25, 0.3) is 5.91 Å². The molecule has 23 heavy (non-hydrogen) atoms. The molecule has 0 radical (unpaired) electrons. The number of benzene rings is 1. The molecule has 0 bridgehead atoms. The van der Waals surface area contributed by atoms with Gasteiger partial charge in [0.05, 0.1) is 0 Å². The molecule has 2 aromatic rings. The lowest BCUT2D eigenvalue weighted by atomic mass is 9.94. The van der Waals surface area contributed by atoms with Gasteiger partial charge in [0.1, 0.15) is 0 Å². The molecular formula is C18H24N4O. The predicted molar refractivity (Wildman–Crippen MR) is 90.3 cm³/mol. The van der Waals surface area contributed by atoms with Crippen LogP contribution in [-0.2, 0) is 6.54 Å². The van der Waals surface area contributed by atoms with E-state index in [-0.39, 0.29) is 5.91 Å². The Labute approximate surface area is 137 Å². The van der Waals surface area contributed by atoms with Gasteiger partial charge in [-0.25, -0.2) is 0 Å². The van der Waals surface area contributed by atoms with Crippen molar-refractivity contribution in [1.82, 2.24) is 20.0 Å². The number of carbonyl (C=O) groups excluding carboxylic acids is 1. The molecule has 3 rings (SSSR count). The summed E-state index contributed by atoms with van der Waals surface area (Å²) >= 11 is 0. The highest BCUT2D eigenvalue weighted by molar-refractivity contribution is 5.94. The van der Waals surface area contributed by atoms with E-state index in [0.717, 1.165) is 43.7 Å². The van der Waals surface area contributed by atoms with Crippen LogP contribution in [-0.4, -0.2) is 53.1 Å². The molecule has 0 unspecified atom stereocenters. The van der Waals surface area contributed by atoms with Crippen LogP contribution in [0.5, 0.6) is 0 Å². The highest BCUT2D eigenvalue weighted by atomic mass is 16.2. The summed E-state index contributed by atoms with van der Waals surface area (Å²) in [6.07, 6.45) is 3.92. The van der Waals surface area contributed by atoms with Gasteiger partial charge in [-0.2, -0.15) is 5.10 Å². The maximum atomic E-state index is 12.7. The summed E-state index contributed by atoms with van der Waals surface area (Å²) in [6.45, 7) is 2.49. The zero-order valence-corrected chi connectivity index (χ0v) is 13.8. The van der Waals surface area contributed by atoms with E-state index < -0.39 is 0 Å². The van der Waals surface area contributed by atoms with E-state index >= 15 is 0 Å². The molecule has 1 aliphatic heterocycles. The van der Waals surface area contributed by atoms with E-state index in [1.54, 1.807) is 6.20 Å². The number of rotatable bonds is 4. The van der Waals surface area contributed by atoms with Gasteiger partial charge in [0, 0.05) is 43.0 Å². The number of aromatic nitrogens is 2. The fourth-order valence-corrected chi connectivity index (χ4v) is 3.21. The topological polar surface area (TPSA) is 52.2 Å². The van der Waals surface area contributed by atoms with Crippen LogP contribution in [0.25, 0.3) is 0 Å². The van der Waals surface area contributed by atoms with Crippen LogP contribution in [0.1, 0.15) is 40.4 Å². The molecule has 2 heterocycles. The smallest absolute Gasteiger partial charge is 0.253 e. The summed E-state index contributed by atoms with van der Waals surface area (Å²) in [6, 6.07) is 9.99. The number of likely N-dealkylation sites (tertiary alicyclic amines) is 1. The van der Waals surface area contributed by atoms with Crippen molar-refractivity contribution >= 4 is 5.91 Å². The van der Waals surface area contributed by atoms with Gasteiger partial charge >= 0.3 is 0 Å². The molecule has 5 nitrogen and oxygen atoms in total. The summed E-state index contributed by atoms with van der Waals surface area (Å²) in [5.74, 6) is 0.494. The summed E-state index contributed by atoms with van der Waals surface area (Å²) in [7, 11) is 4.09. The molecule has 0 spiro atoms. The molecule has 0 saturated carbocycles.